The number of carbonyl (C=O) groups is 1. The molecular formula is C22H34N4O3S. The number of piperazine rings is 1. The lowest BCUT2D eigenvalue weighted by molar-refractivity contribution is 0.158. The van der Waals surface area contributed by atoms with Gasteiger partial charge in [0.2, 0.25) is 10.0 Å². The van der Waals surface area contributed by atoms with Crippen LogP contribution in [0, 0.1) is 13.8 Å². The van der Waals surface area contributed by atoms with E-state index in [2.05, 4.69) is 16.8 Å². The average Bonchev–Trinajstić information content (AvgIpc) is 2.69. The molecule has 2 fully saturated rings. The van der Waals surface area contributed by atoms with Gasteiger partial charge in [0.05, 0.1) is 4.90 Å². The van der Waals surface area contributed by atoms with Gasteiger partial charge in [-0.05, 0) is 45.2 Å². The fourth-order valence-electron chi connectivity index (χ4n) is 4.24. The molecule has 0 unspecified atom stereocenters. The van der Waals surface area contributed by atoms with E-state index in [9.17, 15) is 13.2 Å². The fourth-order valence-corrected chi connectivity index (χ4v) is 5.87. The molecule has 1 aromatic rings. The van der Waals surface area contributed by atoms with Crippen LogP contribution in [0.15, 0.2) is 35.2 Å². The fraction of sp³-hybridized carbons (Fsp3) is 0.591. The molecule has 0 bridgehead atoms. The first-order chi connectivity index (χ1) is 14.2. The van der Waals surface area contributed by atoms with E-state index in [4.69, 9.17) is 0 Å². The topological polar surface area (TPSA) is 73.0 Å². The van der Waals surface area contributed by atoms with Crippen molar-refractivity contribution < 1.29 is 13.2 Å². The lowest BCUT2D eigenvalue weighted by Gasteiger charge is -2.37. The number of carbonyl (C=O) groups excluding carboxylic acids is 1. The van der Waals surface area contributed by atoms with Crippen molar-refractivity contribution >= 4 is 16.1 Å². The smallest absolute Gasteiger partial charge is 0.317 e. The summed E-state index contributed by atoms with van der Waals surface area (Å²) in [6.45, 7) is 14.1. The van der Waals surface area contributed by atoms with Gasteiger partial charge < -0.3 is 10.2 Å². The average molecular weight is 435 g/mol. The Hall–Kier alpha value is -1.90. The van der Waals surface area contributed by atoms with E-state index < -0.39 is 10.0 Å². The molecule has 0 radical (unpaired) electrons. The predicted molar refractivity (Wildman–Crippen MR) is 119 cm³/mol. The third kappa shape index (κ3) is 5.42. The standard InChI is InChI=1S/C22H34N4O3S/c1-17(2)16-24-9-7-20(8-10-24)23-22(27)25-11-13-26(14-12-25)30(28,29)21-6-5-18(3)15-19(21)4/h5-6,15,20H,1,7-14,16H2,2-4H3,(H,23,27). The Kier molecular flexibility index (Phi) is 7.21. The molecule has 2 heterocycles. The first kappa shape index (κ1) is 22.8. The molecule has 2 amide bonds. The maximum Gasteiger partial charge on any atom is 0.317 e. The highest BCUT2D eigenvalue weighted by Crippen LogP contribution is 2.22. The Morgan fingerprint density at radius 3 is 2.30 bits per heavy atom. The summed E-state index contributed by atoms with van der Waals surface area (Å²) in [7, 11) is -3.54. The number of urea groups is 1. The molecule has 8 heteroatoms. The van der Waals surface area contributed by atoms with Crippen molar-refractivity contribution in [1.29, 1.82) is 0 Å². The van der Waals surface area contributed by atoms with Gasteiger partial charge in [-0.15, -0.1) is 0 Å². The zero-order chi connectivity index (χ0) is 21.9. The number of sulfonamides is 1. The second-order valence-electron chi connectivity index (χ2n) is 8.62. The number of aryl methyl sites for hydroxylation is 2. The molecule has 0 spiro atoms. The molecule has 0 saturated carbocycles. The zero-order valence-corrected chi connectivity index (χ0v) is 19.2. The number of benzene rings is 1. The van der Waals surface area contributed by atoms with Crippen LogP contribution in [0.4, 0.5) is 4.79 Å². The second-order valence-corrected chi connectivity index (χ2v) is 10.5. The minimum atomic E-state index is -3.54. The molecule has 30 heavy (non-hydrogen) atoms. The van der Waals surface area contributed by atoms with E-state index in [1.165, 1.54) is 4.31 Å². The van der Waals surface area contributed by atoms with Crippen LogP contribution in [0.3, 0.4) is 0 Å². The van der Waals surface area contributed by atoms with Crippen LogP contribution in [-0.4, -0.2) is 80.4 Å². The van der Waals surface area contributed by atoms with Crippen molar-refractivity contribution in [2.45, 2.75) is 44.6 Å². The zero-order valence-electron chi connectivity index (χ0n) is 18.4. The second kappa shape index (κ2) is 9.49. The molecule has 7 nitrogen and oxygen atoms in total. The lowest BCUT2D eigenvalue weighted by atomic mass is 10.0. The van der Waals surface area contributed by atoms with Crippen LogP contribution < -0.4 is 5.32 Å². The summed E-state index contributed by atoms with van der Waals surface area (Å²) in [6, 6.07) is 5.48. The van der Waals surface area contributed by atoms with Crippen molar-refractivity contribution in [2.75, 3.05) is 45.8 Å². The van der Waals surface area contributed by atoms with Gasteiger partial charge >= 0.3 is 6.03 Å². The van der Waals surface area contributed by atoms with Gasteiger partial charge in [0.25, 0.3) is 0 Å². The summed E-state index contributed by atoms with van der Waals surface area (Å²) in [6.07, 6.45) is 1.86. The van der Waals surface area contributed by atoms with Gasteiger partial charge in [0.1, 0.15) is 0 Å². The SMILES string of the molecule is C=C(C)CN1CCC(NC(=O)N2CCN(S(=O)(=O)c3ccc(C)cc3C)CC2)CC1. The molecule has 3 rings (SSSR count). The van der Waals surface area contributed by atoms with Gasteiger partial charge in [0.15, 0.2) is 0 Å². The van der Waals surface area contributed by atoms with E-state index in [1.54, 1.807) is 11.0 Å². The monoisotopic (exact) mass is 434 g/mol. The van der Waals surface area contributed by atoms with E-state index in [0.717, 1.165) is 49.2 Å². The van der Waals surface area contributed by atoms with Crippen molar-refractivity contribution in [3.63, 3.8) is 0 Å². The summed E-state index contributed by atoms with van der Waals surface area (Å²) in [4.78, 5) is 17.1. The third-order valence-electron chi connectivity index (χ3n) is 5.88. The normalized spacial score (nSPS) is 19.6. The van der Waals surface area contributed by atoms with E-state index in [-0.39, 0.29) is 12.1 Å². The first-order valence-corrected chi connectivity index (χ1v) is 12.1. The van der Waals surface area contributed by atoms with Crippen LogP contribution in [0.1, 0.15) is 30.9 Å². The molecular weight excluding hydrogens is 400 g/mol. The van der Waals surface area contributed by atoms with Gasteiger partial charge in [-0.3, -0.25) is 4.90 Å². The van der Waals surface area contributed by atoms with E-state index in [1.807, 2.05) is 32.9 Å². The molecule has 0 aromatic heterocycles. The van der Waals surface area contributed by atoms with Gasteiger partial charge in [-0.2, -0.15) is 4.31 Å². The van der Waals surface area contributed by atoms with Crippen LogP contribution in [0.25, 0.3) is 0 Å². The first-order valence-electron chi connectivity index (χ1n) is 10.7. The van der Waals surface area contributed by atoms with Crippen molar-refractivity contribution in [3.8, 4) is 0 Å². The highest BCUT2D eigenvalue weighted by molar-refractivity contribution is 7.89. The third-order valence-corrected chi connectivity index (χ3v) is 7.94. The number of hydrogen-bond donors (Lipinski definition) is 1. The van der Waals surface area contributed by atoms with Gasteiger partial charge in [-0.25, -0.2) is 13.2 Å². The van der Waals surface area contributed by atoms with Crippen molar-refractivity contribution in [1.82, 2.24) is 19.4 Å². The molecule has 1 aromatic carbocycles. The number of nitrogens with zero attached hydrogens (tertiary/aromatic N) is 3. The summed E-state index contributed by atoms with van der Waals surface area (Å²) in [5.74, 6) is 0. The Morgan fingerprint density at radius 1 is 1.10 bits per heavy atom. The maximum atomic E-state index is 13.0. The molecule has 1 N–H and O–H groups in total. The Bertz CT molecular complexity index is 884. The Labute approximate surface area is 180 Å². The van der Waals surface area contributed by atoms with Crippen LogP contribution in [-0.2, 0) is 10.0 Å². The summed E-state index contributed by atoms with van der Waals surface area (Å²) >= 11 is 0. The van der Waals surface area contributed by atoms with E-state index >= 15 is 0 Å². The molecule has 0 atom stereocenters. The van der Waals surface area contributed by atoms with Crippen LogP contribution >= 0.6 is 0 Å². The minimum absolute atomic E-state index is 0.0862. The summed E-state index contributed by atoms with van der Waals surface area (Å²) in [5, 5.41) is 3.13. The van der Waals surface area contributed by atoms with Crippen molar-refractivity contribution in [2.24, 2.45) is 0 Å². The quantitative estimate of drug-likeness (QED) is 0.722. The number of likely N-dealkylation sites (tertiary alicyclic amines) is 1. The predicted octanol–water partition coefficient (Wildman–Crippen LogP) is 2.36. The largest absolute Gasteiger partial charge is 0.335 e. The van der Waals surface area contributed by atoms with Gasteiger partial charge in [0, 0.05) is 51.9 Å². The highest BCUT2D eigenvalue weighted by Gasteiger charge is 2.32. The lowest BCUT2D eigenvalue weighted by Crippen LogP contribution is -2.55. The van der Waals surface area contributed by atoms with Gasteiger partial charge in [-0.1, -0.05) is 29.8 Å². The Morgan fingerprint density at radius 2 is 1.73 bits per heavy atom. The number of hydrogen-bond acceptors (Lipinski definition) is 4. The minimum Gasteiger partial charge on any atom is -0.335 e. The summed E-state index contributed by atoms with van der Waals surface area (Å²) in [5.41, 5.74) is 2.96. The Balaban J connectivity index is 1.50. The molecule has 2 aliphatic rings. The highest BCUT2D eigenvalue weighted by atomic mass is 32.2. The molecule has 2 aliphatic heterocycles. The number of rotatable bonds is 5. The number of nitrogens with one attached hydrogen (secondary N) is 1. The number of piperidine rings is 1. The van der Waals surface area contributed by atoms with E-state index in [0.29, 0.717) is 31.1 Å². The summed E-state index contributed by atoms with van der Waals surface area (Å²) < 4.78 is 27.5. The number of amides is 2. The maximum absolute atomic E-state index is 13.0. The van der Waals surface area contributed by atoms with Crippen LogP contribution in [0.2, 0.25) is 0 Å². The molecule has 2 saturated heterocycles. The van der Waals surface area contributed by atoms with Crippen molar-refractivity contribution in [3.05, 3.63) is 41.5 Å². The van der Waals surface area contributed by atoms with Crippen LogP contribution in [0.5, 0.6) is 0 Å². The molecule has 0 aliphatic carbocycles. The molecule has 166 valence electrons.